The number of aromatic nitrogens is 3. The van der Waals surface area contributed by atoms with Crippen LogP contribution in [0.25, 0.3) is 0 Å². The van der Waals surface area contributed by atoms with Gasteiger partial charge in [0.25, 0.3) is 0 Å². The van der Waals surface area contributed by atoms with Gasteiger partial charge in [-0.05, 0) is 36.4 Å². The van der Waals surface area contributed by atoms with E-state index in [1.54, 1.807) is 29.2 Å². The van der Waals surface area contributed by atoms with E-state index in [2.05, 4.69) is 25.0 Å². The van der Waals surface area contributed by atoms with Crippen molar-refractivity contribution in [3.63, 3.8) is 0 Å². The van der Waals surface area contributed by atoms with E-state index in [0.29, 0.717) is 23.2 Å². The molecule has 27 heavy (non-hydrogen) atoms. The first-order valence-corrected chi connectivity index (χ1v) is 8.17. The Labute approximate surface area is 156 Å². The first-order chi connectivity index (χ1) is 13.0. The van der Waals surface area contributed by atoms with E-state index >= 15 is 0 Å². The van der Waals surface area contributed by atoms with Crippen molar-refractivity contribution in [2.24, 2.45) is 0 Å². The summed E-state index contributed by atoms with van der Waals surface area (Å²) in [4.78, 5) is 26.2. The first-order valence-electron chi connectivity index (χ1n) is 8.17. The maximum absolute atomic E-state index is 11.5. The van der Waals surface area contributed by atoms with Crippen LogP contribution in [0.1, 0.15) is 10.4 Å². The molecule has 1 aromatic heterocycles. The van der Waals surface area contributed by atoms with Gasteiger partial charge < -0.3 is 19.7 Å². The summed E-state index contributed by atoms with van der Waals surface area (Å²) in [7, 11) is 4.99. The van der Waals surface area contributed by atoms with Crippen LogP contribution in [-0.2, 0) is 4.74 Å². The molecule has 8 nitrogen and oxygen atoms in total. The summed E-state index contributed by atoms with van der Waals surface area (Å²) in [5.41, 5.74) is 1.28. The standard InChI is InChI=1S/C19H19N5O3/c1-24(2)18-21-17(20-14-7-5-4-6-8-14)22-19(23-18)27-15-11-9-13(10-12-15)16(25)26-3/h4-12H,1-3H3,(H,20,21,22,23). The minimum atomic E-state index is -0.411. The molecule has 138 valence electrons. The van der Waals surface area contributed by atoms with E-state index in [1.165, 1.54) is 7.11 Å². The van der Waals surface area contributed by atoms with Crippen LogP contribution in [0.5, 0.6) is 11.8 Å². The molecule has 0 spiro atoms. The maximum Gasteiger partial charge on any atom is 0.337 e. The fraction of sp³-hybridized carbons (Fsp3) is 0.158. The molecule has 0 saturated carbocycles. The molecule has 0 aliphatic heterocycles. The van der Waals surface area contributed by atoms with Gasteiger partial charge in [-0.3, -0.25) is 0 Å². The highest BCUT2D eigenvalue weighted by molar-refractivity contribution is 5.89. The normalized spacial score (nSPS) is 10.2. The van der Waals surface area contributed by atoms with E-state index in [-0.39, 0.29) is 6.01 Å². The number of ether oxygens (including phenoxy) is 2. The fourth-order valence-electron chi connectivity index (χ4n) is 2.18. The molecule has 0 radical (unpaired) electrons. The quantitative estimate of drug-likeness (QED) is 0.666. The van der Waals surface area contributed by atoms with Gasteiger partial charge >= 0.3 is 12.0 Å². The van der Waals surface area contributed by atoms with Crippen molar-refractivity contribution in [1.82, 2.24) is 15.0 Å². The zero-order valence-electron chi connectivity index (χ0n) is 15.2. The zero-order valence-corrected chi connectivity index (χ0v) is 15.2. The summed E-state index contributed by atoms with van der Waals surface area (Å²) >= 11 is 0. The number of para-hydroxylation sites is 1. The zero-order chi connectivity index (χ0) is 19.2. The Morgan fingerprint density at radius 2 is 1.67 bits per heavy atom. The maximum atomic E-state index is 11.5. The highest BCUT2D eigenvalue weighted by atomic mass is 16.5. The van der Waals surface area contributed by atoms with Gasteiger partial charge in [0.1, 0.15) is 5.75 Å². The van der Waals surface area contributed by atoms with E-state index < -0.39 is 5.97 Å². The van der Waals surface area contributed by atoms with Gasteiger partial charge in [-0.1, -0.05) is 18.2 Å². The molecule has 0 saturated heterocycles. The van der Waals surface area contributed by atoms with E-state index in [4.69, 9.17) is 4.74 Å². The molecule has 0 bridgehead atoms. The Kier molecular flexibility index (Phi) is 5.46. The average Bonchev–Trinajstić information content (AvgIpc) is 2.68. The molecule has 3 rings (SSSR count). The summed E-state index contributed by atoms with van der Waals surface area (Å²) in [5.74, 6) is 0.890. The van der Waals surface area contributed by atoms with Crippen LogP contribution in [0, 0.1) is 0 Å². The Morgan fingerprint density at radius 1 is 0.963 bits per heavy atom. The molecule has 0 amide bonds. The third-order valence-corrected chi connectivity index (χ3v) is 3.52. The fourth-order valence-corrected chi connectivity index (χ4v) is 2.18. The molecule has 0 fully saturated rings. The van der Waals surface area contributed by atoms with Crippen LogP contribution in [-0.4, -0.2) is 42.1 Å². The van der Waals surface area contributed by atoms with Gasteiger partial charge in [-0.25, -0.2) is 4.79 Å². The third kappa shape index (κ3) is 4.69. The highest BCUT2D eigenvalue weighted by Gasteiger charge is 2.11. The minimum Gasteiger partial charge on any atom is -0.465 e. The van der Waals surface area contributed by atoms with Crippen molar-refractivity contribution in [3.05, 3.63) is 60.2 Å². The molecule has 0 aliphatic carbocycles. The largest absolute Gasteiger partial charge is 0.465 e. The second kappa shape index (κ2) is 8.13. The molecule has 8 heteroatoms. The molecule has 3 aromatic rings. The second-order valence-corrected chi connectivity index (χ2v) is 5.75. The number of anilines is 3. The predicted octanol–water partition coefficient (Wildman–Crippen LogP) is 3.26. The molecule has 0 atom stereocenters. The number of hydrogen-bond acceptors (Lipinski definition) is 8. The Morgan fingerprint density at radius 3 is 2.30 bits per heavy atom. The van der Waals surface area contributed by atoms with Gasteiger partial charge in [0, 0.05) is 19.8 Å². The molecule has 0 unspecified atom stereocenters. The molecule has 1 N–H and O–H groups in total. The molecule has 0 aliphatic rings. The first kappa shape index (κ1) is 18.1. The monoisotopic (exact) mass is 365 g/mol. The molecular formula is C19H19N5O3. The lowest BCUT2D eigenvalue weighted by Gasteiger charge is -2.13. The second-order valence-electron chi connectivity index (χ2n) is 5.75. The number of esters is 1. The predicted molar refractivity (Wildman–Crippen MR) is 102 cm³/mol. The lowest BCUT2D eigenvalue weighted by Crippen LogP contribution is -2.15. The van der Waals surface area contributed by atoms with Crippen LogP contribution in [0.4, 0.5) is 17.6 Å². The summed E-state index contributed by atoms with van der Waals surface area (Å²) in [6, 6.07) is 16.2. The van der Waals surface area contributed by atoms with E-state index in [1.807, 2.05) is 44.4 Å². The summed E-state index contributed by atoms with van der Waals surface area (Å²) in [5, 5.41) is 3.13. The number of carbonyl (C=O) groups is 1. The summed E-state index contributed by atoms with van der Waals surface area (Å²) in [6.07, 6.45) is 0. The molecule has 2 aromatic carbocycles. The lowest BCUT2D eigenvalue weighted by molar-refractivity contribution is 0.0600. The smallest absolute Gasteiger partial charge is 0.337 e. The van der Waals surface area contributed by atoms with Crippen molar-refractivity contribution < 1.29 is 14.3 Å². The lowest BCUT2D eigenvalue weighted by atomic mass is 10.2. The number of nitrogens with zero attached hydrogens (tertiary/aromatic N) is 4. The Hall–Kier alpha value is -3.68. The van der Waals surface area contributed by atoms with Gasteiger partial charge in [0.15, 0.2) is 0 Å². The van der Waals surface area contributed by atoms with Gasteiger partial charge in [-0.2, -0.15) is 15.0 Å². The number of rotatable bonds is 6. The van der Waals surface area contributed by atoms with Gasteiger partial charge in [-0.15, -0.1) is 0 Å². The Bertz CT molecular complexity index is 914. The van der Waals surface area contributed by atoms with Crippen LogP contribution in [0.15, 0.2) is 54.6 Å². The Balaban J connectivity index is 1.84. The SMILES string of the molecule is COC(=O)c1ccc(Oc2nc(Nc3ccccc3)nc(N(C)C)n2)cc1. The number of nitrogens with one attached hydrogen (secondary N) is 1. The average molecular weight is 365 g/mol. The number of benzene rings is 2. The van der Waals surface area contributed by atoms with Crippen molar-refractivity contribution >= 4 is 23.6 Å². The van der Waals surface area contributed by atoms with Crippen LogP contribution >= 0.6 is 0 Å². The third-order valence-electron chi connectivity index (χ3n) is 3.52. The van der Waals surface area contributed by atoms with Crippen LogP contribution in [0.3, 0.4) is 0 Å². The highest BCUT2D eigenvalue weighted by Crippen LogP contribution is 2.22. The summed E-state index contributed by atoms with van der Waals surface area (Å²) in [6.45, 7) is 0. The summed E-state index contributed by atoms with van der Waals surface area (Å²) < 4.78 is 10.4. The number of carbonyl (C=O) groups excluding carboxylic acids is 1. The number of methoxy groups -OCH3 is 1. The van der Waals surface area contributed by atoms with E-state index in [0.717, 1.165) is 5.69 Å². The van der Waals surface area contributed by atoms with E-state index in [9.17, 15) is 4.79 Å². The van der Waals surface area contributed by atoms with Gasteiger partial charge in [0.05, 0.1) is 12.7 Å². The number of hydrogen-bond donors (Lipinski definition) is 1. The van der Waals surface area contributed by atoms with Crippen molar-refractivity contribution in [3.8, 4) is 11.8 Å². The molecule has 1 heterocycles. The van der Waals surface area contributed by atoms with Crippen molar-refractivity contribution in [2.45, 2.75) is 0 Å². The van der Waals surface area contributed by atoms with Crippen LogP contribution < -0.4 is 15.0 Å². The van der Waals surface area contributed by atoms with Crippen LogP contribution in [0.2, 0.25) is 0 Å². The van der Waals surface area contributed by atoms with Crippen molar-refractivity contribution in [2.75, 3.05) is 31.4 Å². The minimum absolute atomic E-state index is 0.137. The van der Waals surface area contributed by atoms with Gasteiger partial charge in [0.2, 0.25) is 11.9 Å². The van der Waals surface area contributed by atoms with Crippen molar-refractivity contribution in [1.29, 1.82) is 0 Å². The topological polar surface area (TPSA) is 89.5 Å². The molecular weight excluding hydrogens is 346 g/mol.